The number of ether oxygens (including phenoxy) is 2. The van der Waals surface area contributed by atoms with Crippen LogP contribution in [0.2, 0.25) is 0 Å². The fraction of sp³-hybridized carbons (Fsp3) is 0.500. The van der Waals surface area contributed by atoms with E-state index < -0.39 is 0 Å². The highest BCUT2D eigenvalue weighted by atomic mass is 32.2. The Kier molecular flexibility index (Phi) is 6.25. The molecule has 1 N–H and O–H groups in total. The fourth-order valence-electron chi connectivity index (χ4n) is 3.17. The average molecular weight is 375 g/mol. The number of hydrogen-bond donors (Lipinski definition) is 1. The van der Waals surface area contributed by atoms with Gasteiger partial charge in [0.05, 0.1) is 24.2 Å². The highest BCUT2D eigenvalue weighted by Crippen LogP contribution is 2.36. The number of thioether (sulfide) groups is 1. The number of aliphatic imine (C=N–C) groups is 1. The first kappa shape index (κ1) is 18.8. The SMILES string of the molecule is COc1cccc(C=C2SC(=NC3CCCCC3)NC2=O)c1OC(C)C. The molecule has 2 aliphatic rings. The van der Waals surface area contributed by atoms with E-state index in [4.69, 9.17) is 14.5 Å². The van der Waals surface area contributed by atoms with Gasteiger partial charge in [-0.3, -0.25) is 9.79 Å². The highest BCUT2D eigenvalue weighted by molar-refractivity contribution is 8.18. The number of nitrogens with one attached hydrogen (secondary N) is 1. The third-order valence-corrected chi connectivity index (χ3v) is 5.32. The molecule has 2 fully saturated rings. The molecule has 1 aliphatic heterocycles. The Morgan fingerprint density at radius 3 is 2.73 bits per heavy atom. The van der Waals surface area contributed by atoms with E-state index in [9.17, 15) is 4.79 Å². The van der Waals surface area contributed by atoms with Crippen molar-refractivity contribution in [2.24, 2.45) is 4.99 Å². The Labute approximate surface area is 159 Å². The molecule has 1 aliphatic carbocycles. The van der Waals surface area contributed by atoms with E-state index in [0.29, 0.717) is 27.6 Å². The first-order valence-electron chi connectivity index (χ1n) is 9.19. The van der Waals surface area contributed by atoms with Gasteiger partial charge in [-0.15, -0.1) is 0 Å². The largest absolute Gasteiger partial charge is 0.493 e. The summed E-state index contributed by atoms with van der Waals surface area (Å²) in [6, 6.07) is 6.02. The predicted octanol–water partition coefficient (Wildman–Crippen LogP) is 4.38. The molecule has 5 nitrogen and oxygen atoms in total. The molecule has 1 heterocycles. The zero-order chi connectivity index (χ0) is 18.5. The van der Waals surface area contributed by atoms with Crippen LogP contribution in [0.25, 0.3) is 6.08 Å². The van der Waals surface area contributed by atoms with Gasteiger partial charge in [0.1, 0.15) is 0 Å². The molecule has 1 amide bonds. The first-order valence-corrected chi connectivity index (χ1v) is 10.0. The van der Waals surface area contributed by atoms with Gasteiger partial charge in [-0.1, -0.05) is 31.4 Å². The van der Waals surface area contributed by atoms with Crippen molar-refractivity contribution in [3.05, 3.63) is 28.7 Å². The molecule has 1 aromatic carbocycles. The molecular formula is C20H26N2O3S. The average Bonchev–Trinajstić information content (AvgIpc) is 2.96. The Balaban J connectivity index is 1.83. The maximum absolute atomic E-state index is 12.4. The number of nitrogens with zero attached hydrogens (tertiary/aromatic N) is 1. The summed E-state index contributed by atoms with van der Waals surface area (Å²) in [5.41, 5.74) is 0.828. The number of carbonyl (C=O) groups excluding carboxylic acids is 1. The van der Waals surface area contributed by atoms with Gasteiger partial charge >= 0.3 is 0 Å². The van der Waals surface area contributed by atoms with E-state index in [1.165, 1.54) is 31.0 Å². The van der Waals surface area contributed by atoms with E-state index in [1.54, 1.807) is 7.11 Å². The van der Waals surface area contributed by atoms with Gasteiger partial charge in [0, 0.05) is 5.56 Å². The van der Waals surface area contributed by atoms with Crippen molar-refractivity contribution in [3.8, 4) is 11.5 Å². The standard InChI is InChI=1S/C20H26N2O3S/c1-13(2)25-18-14(8-7-11-16(18)24-3)12-17-19(23)22-20(26-17)21-15-9-5-4-6-10-15/h7-8,11-13,15H,4-6,9-10H2,1-3H3,(H,21,22,23). The number of rotatable bonds is 5. The van der Waals surface area contributed by atoms with Crippen LogP contribution in [0.15, 0.2) is 28.1 Å². The number of benzene rings is 1. The maximum atomic E-state index is 12.4. The number of hydrogen-bond acceptors (Lipinski definition) is 5. The molecule has 140 valence electrons. The lowest BCUT2D eigenvalue weighted by Crippen LogP contribution is -2.22. The second kappa shape index (κ2) is 8.62. The van der Waals surface area contributed by atoms with E-state index in [0.717, 1.165) is 18.4 Å². The van der Waals surface area contributed by atoms with E-state index in [-0.39, 0.29) is 12.0 Å². The minimum Gasteiger partial charge on any atom is -0.493 e. The predicted molar refractivity (Wildman–Crippen MR) is 107 cm³/mol. The van der Waals surface area contributed by atoms with Crippen LogP contribution in [0.1, 0.15) is 51.5 Å². The molecule has 0 aromatic heterocycles. The topological polar surface area (TPSA) is 59.9 Å². The van der Waals surface area contributed by atoms with Crippen LogP contribution in [0.4, 0.5) is 0 Å². The molecule has 0 spiro atoms. The molecular weight excluding hydrogens is 348 g/mol. The molecule has 0 bridgehead atoms. The highest BCUT2D eigenvalue weighted by Gasteiger charge is 2.26. The van der Waals surface area contributed by atoms with Gasteiger partial charge < -0.3 is 14.8 Å². The van der Waals surface area contributed by atoms with Crippen molar-refractivity contribution in [2.75, 3.05) is 7.11 Å². The van der Waals surface area contributed by atoms with Crippen LogP contribution < -0.4 is 14.8 Å². The molecule has 1 saturated carbocycles. The minimum atomic E-state index is -0.108. The molecule has 0 atom stereocenters. The number of para-hydroxylation sites is 1. The van der Waals surface area contributed by atoms with Crippen molar-refractivity contribution in [1.29, 1.82) is 0 Å². The van der Waals surface area contributed by atoms with E-state index >= 15 is 0 Å². The molecule has 0 unspecified atom stereocenters. The zero-order valence-electron chi connectivity index (χ0n) is 15.6. The summed E-state index contributed by atoms with van der Waals surface area (Å²) >= 11 is 1.40. The smallest absolute Gasteiger partial charge is 0.264 e. The van der Waals surface area contributed by atoms with Gasteiger partial charge in [0.2, 0.25) is 0 Å². The van der Waals surface area contributed by atoms with Crippen molar-refractivity contribution < 1.29 is 14.3 Å². The summed E-state index contributed by atoms with van der Waals surface area (Å²) < 4.78 is 11.3. The van der Waals surface area contributed by atoms with E-state index in [2.05, 4.69) is 5.32 Å². The van der Waals surface area contributed by atoms with Crippen LogP contribution in [0.3, 0.4) is 0 Å². The van der Waals surface area contributed by atoms with Crippen LogP contribution in [-0.4, -0.2) is 30.3 Å². The Morgan fingerprint density at radius 2 is 2.04 bits per heavy atom. The summed E-state index contributed by atoms with van der Waals surface area (Å²) in [7, 11) is 1.62. The quantitative estimate of drug-likeness (QED) is 0.777. The van der Waals surface area contributed by atoms with Gasteiger partial charge in [-0.25, -0.2) is 0 Å². The Hall–Kier alpha value is -1.95. The van der Waals surface area contributed by atoms with Crippen molar-refractivity contribution in [1.82, 2.24) is 5.32 Å². The number of carbonyl (C=O) groups is 1. The Bertz CT molecular complexity index is 722. The molecule has 6 heteroatoms. The van der Waals surface area contributed by atoms with Crippen LogP contribution >= 0.6 is 11.8 Å². The summed E-state index contributed by atoms with van der Waals surface area (Å²) in [5.74, 6) is 1.21. The van der Waals surface area contributed by atoms with Crippen LogP contribution in [0, 0.1) is 0 Å². The summed E-state index contributed by atoms with van der Waals surface area (Å²) in [4.78, 5) is 17.7. The lowest BCUT2D eigenvalue weighted by atomic mass is 9.96. The first-order chi connectivity index (χ1) is 12.6. The summed E-state index contributed by atoms with van der Waals surface area (Å²) in [6.07, 6.45) is 7.83. The second-order valence-electron chi connectivity index (χ2n) is 6.84. The molecule has 26 heavy (non-hydrogen) atoms. The molecule has 1 aromatic rings. The van der Waals surface area contributed by atoms with Crippen LogP contribution in [0.5, 0.6) is 11.5 Å². The van der Waals surface area contributed by atoms with Crippen LogP contribution in [-0.2, 0) is 4.79 Å². The molecule has 3 rings (SSSR count). The second-order valence-corrected chi connectivity index (χ2v) is 7.87. The number of methoxy groups -OCH3 is 1. The van der Waals surface area contributed by atoms with Crippen molar-refractivity contribution >= 4 is 28.9 Å². The summed E-state index contributed by atoms with van der Waals surface area (Å²) in [5, 5.41) is 3.60. The lowest BCUT2D eigenvalue weighted by molar-refractivity contribution is -0.115. The van der Waals surface area contributed by atoms with Gasteiger partial charge in [0.25, 0.3) is 5.91 Å². The van der Waals surface area contributed by atoms with E-state index in [1.807, 2.05) is 38.1 Å². The van der Waals surface area contributed by atoms with Gasteiger partial charge in [-0.05, 0) is 50.6 Å². The molecule has 1 saturated heterocycles. The number of amidine groups is 1. The van der Waals surface area contributed by atoms with Gasteiger partial charge in [0.15, 0.2) is 16.7 Å². The maximum Gasteiger partial charge on any atom is 0.264 e. The number of amides is 1. The minimum absolute atomic E-state index is 0.0110. The molecule has 0 radical (unpaired) electrons. The zero-order valence-corrected chi connectivity index (χ0v) is 16.4. The lowest BCUT2D eigenvalue weighted by Gasteiger charge is -2.17. The summed E-state index contributed by atoms with van der Waals surface area (Å²) in [6.45, 7) is 3.94. The normalized spacial score (nSPS) is 21.5. The van der Waals surface area contributed by atoms with Crippen molar-refractivity contribution in [2.45, 2.75) is 58.1 Å². The monoisotopic (exact) mass is 374 g/mol. The third kappa shape index (κ3) is 4.61. The third-order valence-electron chi connectivity index (χ3n) is 4.39. The fourth-order valence-corrected chi connectivity index (χ4v) is 4.06. The van der Waals surface area contributed by atoms with Gasteiger partial charge in [-0.2, -0.15) is 0 Å². The Morgan fingerprint density at radius 1 is 1.27 bits per heavy atom. The van der Waals surface area contributed by atoms with Crippen molar-refractivity contribution in [3.63, 3.8) is 0 Å².